The molecule has 1 aliphatic carbocycles. The fourth-order valence-electron chi connectivity index (χ4n) is 2.57. The zero-order chi connectivity index (χ0) is 14.4. The number of nitrogens with zero attached hydrogens (tertiary/aromatic N) is 2. The fraction of sp³-hybridized carbons (Fsp3) is 0.600. The predicted octanol–water partition coefficient (Wildman–Crippen LogP) is 3.90. The van der Waals surface area contributed by atoms with Gasteiger partial charge in [-0.05, 0) is 25.2 Å². The maximum absolute atomic E-state index is 11.8. The quantitative estimate of drug-likeness (QED) is 0.809. The first-order chi connectivity index (χ1) is 9.70. The summed E-state index contributed by atoms with van der Waals surface area (Å²) in [6.07, 6.45) is 8.85. The van der Waals surface area contributed by atoms with E-state index in [1.54, 1.807) is 17.2 Å². The van der Waals surface area contributed by atoms with Gasteiger partial charge in [0.2, 0.25) is 5.91 Å². The molecule has 0 atom stereocenters. The van der Waals surface area contributed by atoms with Crippen molar-refractivity contribution in [2.75, 3.05) is 11.1 Å². The molecule has 1 aliphatic rings. The van der Waals surface area contributed by atoms with E-state index in [4.69, 9.17) is 0 Å². The lowest BCUT2D eigenvalue weighted by Crippen LogP contribution is -2.15. The van der Waals surface area contributed by atoms with E-state index in [-0.39, 0.29) is 5.91 Å². The summed E-state index contributed by atoms with van der Waals surface area (Å²) in [6, 6.07) is 0.504. The molecule has 0 aromatic carbocycles. The van der Waals surface area contributed by atoms with Crippen molar-refractivity contribution in [3.05, 3.63) is 23.7 Å². The Balaban J connectivity index is 1.93. The average Bonchev–Trinajstić information content (AvgIpc) is 2.81. The van der Waals surface area contributed by atoms with Crippen molar-refractivity contribution in [3.63, 3.8) is 0 Å². The first-order valence-electron chi connectivity index (χ1n) is 7.29. The van der Waals surface area contributed by atoms with Crippen LogP contribution in [0.15, 0.2) is 18.2 Å². The minimum absolute atomic E-state index is 0.0244. The molecular formula is C15H23N3OS. The molecular weight excluding hydrogens is 270 g/mol. The first kappa shape index (κ1) is 15.2. The van der Waals surface area contributed by atoms with Crippen molar-refractivity contribution in [1.29, 1.82) is 0 Å². The molecule has 110 valence electrons. The number of aromatic nitrogens is 2. The molecule has 1 heterocycles. The van der Waals surface area contributed by atoms with Gasteiger partial charge in [-0.25, -0.2) is 0 Å². The van der Waals surface area contributed by atoms with Crippen LogP contribution >= 0.6 is 11.8 Å². The number of anilines is 1. The summed E-state index contributed by atoms with van der Waals surface area (Å²) in [7, 11) is 0. The van der Waals surface area contributed by atoms with Crippen LogP contribution in [0.3, 0.4) is 0 Å². The van der Waals surface area contributed by atoms with Gasteiger partial charge in [0.15, 0.2) is 5.82 Å². The molecule has 5 heteroatoms. The number of nitrogens with one attached hydrogen (secondary N) is 1. The van der Waals surface area contributed by atoms with Gasteiger partial charge in [0.1, 0.15) is 0 Å². The highest BCUT2D eigenvalue weighted by Crippen LogP contribution is 2.29. The van der Waals surface area contributed by atoms with Gasteiger partial charge in [0, 0.05) is 23.9 Å². The lowest BCUT2D eigenvalue weighted by molar-refractivity contribution is -0.115. The van der Waals surface area contributed by atoms with Crippen LogP contribution in [0.1, 0.15) is 50.1 Å². The largest absolute Gasteiger partial charge is 0.309 e. The summed E-state index contributed by atoms with van der Waals surface area (Å²) >= 11 is 1.56. The third-order valence-electron chi connectivity index (χ3n) is 3.69. The summed E-state index contributed by atoms with van der Waals surface area (Å²) < 4.78 is 2.04. The lowest BCUT2D eigenvalue weighted by Gasteiger charge is -2.21. The number of thioether (sulfide) groups is 1. The van der Waals surface area contributed by atoms with E-state index < -0.39 is 0 Å². The van der Waals surface area contributed by atoms with E-state index in [2.05, 4.69) is 23.2 Å². The Bertz CT molecular complexity index is 464. The van der Waals surface area contributed by atoms with Gasteiger partial charge < -0.3 is 5.32 Å². The highest BCUT2D eigenvalue weighted by atomic mass is 32.2. The molecule has 1 N–H and O–H groups in total. The Morgan fingerprint density at radius 1 is 1.55 bits per heavy atom. The van der Waals surface area contributed by atoms with Gasteiger partial charge in [0.25, 0.3) is 0 Å². The van der Waals surface area contributed by atoms with Crippen LogP contribution in [-0.2, 0) is 4.79 Å². The summed E-state index contributed by atoms with van der Waals surface area (Å²) in [4.78, 5) is 11.8. The molecule has 20 heavy (non-hydrogen) atoms. The zero-order valence-corrected chi connectivity index (χ0v) is 12.9. The monoisotopic (exact) mass is 293 g/mol. The van der Waals surface area contributed by atoms with Crippen LogP contribution in [0.5, 0.6) is 0 Å². The minimum atomic E-state index is 0.0244. The van der Waals surface area contributed by atoms with E-state index in [1.165, 1.54) is 32.1 Å². The maximum atomic E-state index is 11.8. The molecule has 1 saturated carbocycles. The normalized spacial score (nSPS) is 16.1. The van der Waals surface area contributed by atoms with Crippen LogP contribution in [0.2, 0.25) is 0 Å². The summed E-state index contributed by atoms with van der Waals surface area (Å²) in [6.45, 7) is 5.63. The Morgan fingerprint density at radius 2 is 2.30 bits per heavy atom. The van der Waals surface area contributed by atoms with Crippen LogP contribution in [0, 0.1) is 6.92 Å². The van der Waals surface area contributed by atoms with Crippen LogP contribution in [0.25, 0.3) is 0 Å². The van der Waals surface area contributed by atoms with E-state index in [9.17, 15) is 4.79 Å². The molecule has 0 unspecified atom stereocenters. The first-order valence-corrected chi connectivity index (χ1v) is 8.33. The van der Waals surface area contributed by atoms with Crippen molar-refractivity contribution in [3.8, 4) is 0 Å². The molecule has 0 spiro atoms. The Hall–Kier alpha value is -1.23. The van der Waals surface area contributed by atoms with Crippen LogP contribution in [-0.4, -0.2) is 21.4 Å². The Kier molecular flexibility index (Phi) is 5.71. The number of hydrogen-bond acceptors (Lipinski definition) is 3. The highest BCUT2D eigenvalue weighted by Gasteiger charge is 2.18. The van der Waals surface area contributed by atoms with E-state index >= 15 is 0 Å². The molecule has 0 radical (unpaired) electrons. The zero-order valence-electron chi connectivity index (χ0n) is 12.1. The second-order valence-electron chi connectivity index (χ2n) is 5.27. The molecule has 0 bridgehead atoms. The number of carbonyl (C=O) groups excluding carboxylic acids is 1. The molecule has 4 nitrogen and oxygen atoms in total. The topological polar surface area (TPSA) is 46.9 Å². The third kappa shape index (κ3) is 4.13. The molecule has 0 aliphatic heterocycles. The lowest BCUT2D eigenvalue weighted by atomic mass is 9.96. The predicted molar refractivity (Wildman–Crippen MR) is 85.0 cm³/mol. The number of carbonyl (C=O) groups is 1. The Labute approximate surface area is 125 Å². The van der Waals surface area contributed by atoms with Gasteiger partial charge in [-0.1, -0.05) is 25.8 Å². The van der Waals surface area contributed by atoms with Gasteiger partial charge in [0.05, 0.1) is 6.04 Å². The Morgan fingerprint density at radius 3 is 3.00 bits per heavy atom. The molecule has 1 fully saturated rings. The molecule has 1 aromatic heterocycles. The minimum Gasteiger partial charge on any atom is -0.309 e. The van der Waals surface area contributed by atoms with Crippen LogP contribution in [0.4, 0.5) is 5.82 Å². The number of aryl methyl sites for hydroxylation is 1. The summed E-state index contributed by atoms with van der Waals surface area (Å²) in [5.41, 5.74) is 1.04. The van der Waals surface area contributed by atoms with Crippen molar-refractivity contribution < 1.29 is 4.79 Å². The second kappa shape index (κ2) is 7.53. The van der Waals surface area contributed by atoms with Gasteiger partial charge in [-0.3, -0.25) is 9.48 Å². The smallest absolute Gasteiger partial charge is 0.226 e. The van der Waals surface area contributed by atoms with Gasteiger partial charge >= 0.3 is 0 Å². The van der Waals surface area contributed by atoms with Crippen LogP contribution < -0.4 is 5.32 Å². The van der Waals surface area contributed by atoms with E-state index in [0.29, 0.717) is 18.3 Å². The van der Waals surface area contributed by atoms with Crippen molar-refractivity contribution in [2.45, 2.75) is 51.5 Å². The number of amides is 1. The molecule has 1 amide bonds. The van der Waals surface area contributed by atoms with E-state index in [0.717, 1.165) is 11.3 Å². The molecule has 0 saturated heterocycles. The highest BCUT2D eigenvalue weighted by molar-refractivity contribution is 8.02. The van der Waals surface area contributed by atoms with E-state index in [1.807, 2.05) is 11.6 Å². The molecule has 1 aromatic rings. The number of hydrogen-bond donors (Lipinski definition) is 1. The average molecular weight is 293 g/mol. The van der Waals surface area contributed by atoms with Gasteiger partial charge in [-0.2, -0.15) is 5.10 Å². The fourth-order valence-corrected chi connectivity index (χ4v) is 3.04. The summed E-state index contributed by atoms with van der Waals surface area (Å²) in [5.74, 6) is 1.50. The SMILES string of the molecule is C=CSCCC(=O)Nc1nn(C2CCCCC2)cc1C. The maximum Gasteiger partial charge on any atom is 0.226 e. The van der Waals surface area contributed by atoms with Crippen molar-refractivity contribution in [2.24, 2.45) is 0 Å². The third-order valence-corrected chi connectivity index (χ3v) is 4.36. The van der Waals surface area contributed by atoms with Crippen molar-refractivity contribution >= 4 is 23.5 Å². The molecule has 2 rings (SSSR count). The van der Waals surface area contributed by atoms with Crippen molar-refractivity contribution in [1.82, 2.24) is 9.78 Å². The summed E-state index contributed by atoms with van der Waals surface area (Å²) in [5, 5.41) is 9.23. The standard InChI is InChI=1S/C15H23N3OS/c1-3-20-10-9-14(19)16-15-12(2)11-18(17-15)13-7-5-4-6-8-13/h3,11,13H,1,4-10H2,2H3,(H,16,17,19). The second-order valence-corrected chi connectivity index (χ2v) is 6.34. The van der Waals surface area contributed by atoms with Gasteiger partial charge in [-0.15, -0.1) is 11.8 Å². The number of rotatable bonds is 6.